The molecule has 0 N–H and O–H groups in total. The zero-order valence-electron chi connectivity index (χ0n) is 9.57. The molecule has 0 bridgehead atoms. The summed E-state index contributed by atoms with van der Waals surface area (Å²) in [6.07, 6.45) is 8.80. The molecule has 1 aliphatic heterocycles. The van der Waals surface area contributed by atoms with Crippen LogP contribution in [0, 0.1) is 5.41 Å². The van der Waals surface area contributed by atoms with E-state index in [1.54, 1.807) is 0 Å². The Morgan fingerprint density at radius 3 is 3.12 bits per heavy atom. The number of ether oxygens (including phenoxy) is 1. The first-order valence-corrected chi connectivity index (χ1v) is 6.20. The highest BCUT2D eigenvalue weighted by Gasteiger charge is 2.71. The zero-order chi connectivity index (χ0) is 10.8. The maximum Gasteiger partial charge on any atom is 0.123 e. The maximum absolute atomic E-state index is 6.19. The molecule has 0 aromatic heterocycles. The van der Waals surface area contributed by atoms with Gasteiger partial charge in [0.05, 0.1) is 0 Å². The maximum atomic E-state index is 6.19. The minimum absolute atomic E-state index is 0.319. The van der Waals surface area contributed by atoms with Crippen molar-refractivity contribution in [1.29, 1.82) is 0 Å². The number of fused-ring (bicyclic) bond motifs is 2. The molecule has 3 atom stereocenters. The van der Waals surface area contributed by atoms with Crippen LogP contribution in [0.4, 0.5) is 0 Å². The minimum Gasteiger partial charge on any atom is -0.489 e. The Morgan fingerprint density at radius 1 is 1.31 bits per heavy atom. The van der Waals surface area contributed by atoms with Crippen molar-refractivity contribution < 1.29 is 4.74 Å². The van der Waals surface area contributed by atoms with E-state index >= 15 is 0 Å². The van der Waals surface area contributed by atoms with E-state index in [-0.39, 0.29) is 0 Å². The van der Waals surface area contributed by atoms with E-state index in [2.05, 4.69) is 43.3 Å². The molecule has 0 amide bonds. The third kappa shape index (κ3) is 0.807. The van der Waals surface area contributed by atoms with Crippen LogP contribution in [0.3, 0.4) is 0 Å². The second-order valence-electron chi connectivity index (χ2n) is 5.63. The first kappa shape index (κ1) is 8.86. The number of rotatable bonds is 0. The van der Waals surface area contributed by atoms with Gasteiger partial charge >= 0.3 is 0 Å². The summed E-state index contributed by atoms with van der Waals surface area (Å²) in [5.41, 5.74) is 2.07. The van der Waals surface area contributed by atoms with Gasteiger partial charge in [0.15, 0.2) is 0 Å². The Balaban J connectivity index is 1.93. The fourth-order valence-electron chi connectivity index (χ4n) is 3.85. The van der Waals surface area contributed by atoms with E-state index in [1.165, 1.54) is 24.8 Å². The average molecular weight is 212 g/mol. The molecule has 1 saturated carbocycles. The molecule has 1 heteroatoms. The van der Waals surface area contributed by atoms with Crippen LogP contribution in [-0.4, -0.2) is 6.10 Å². The zero-order valence-corrected chi connectivity index (χ0v) is 9.57. The molecule has 1 spiro atoms. The largest absolute Gasteiger partial charge is 0.489 e. The van der Waals surface area contributed by atoms with Crippen molar-refractivity contribution in [1.82, 2.24) is 0 Å². The van der Waals surface area contributed by atoms with Gasteiger partial charge in [-0.05, 0) is 25.3 Å². The first-order valence-electron chi connectivity index (χ1n) is 6.20. The van der Waals surface area contributed by atoms with Crippen LogP contribution < -0.4 is 4.74 Å². The molecule has 16 heavy (non-hydrogen) atoms. The third-order valence-corrected chi connectivity index (χ3v) is 4.88. The van der Waals surface area contributed by atoms with Crippen molar-refractivity contribution in [2.45, 2.75) is 37.7 Å². The van der Waals surface area contributed by atoms with Crippen LogP contribution in [0.2, 0.25) is 0 Å². The lowest BCUT2D eigenvalue weighted by molar-refractivity contribution is 0.0986. The highest BCUT2D eigenvalue weighted by atomic mass is 16.5. The van der Waals surface area contributed by atoms with Crippen molar-refractivity contribution in [2.24, 2.45) is 5.41 Å². The van der Waals surface area contributed by atoms with Gasteiger partial charge in [-0.15, -0.1) is 0 Å². The van der Waals surface area contributed by atoms with Crippen LogP contribution >= 0.6 is 0 Å². The monoisotopic (exact) mass is 212 g/mol. The van der Waals surface area contributed by atoms with E-state index in [0.29, 0.717) is 16.9 Å². The van der Waals surface area contributed by atoms with Gasteiger partial charge in [-0.25, -0.2) is 0 Å². The SMILES string of the molecule is C[C@]12C[C@]13C=CCC[C@@H]3Oc1ccccc12. The Labute approximate surface area is 96.1 Å². The quantitative estimate of drug-likeness (QED) is 0.598. The molecule has 0 radical (unpaired) electrons. The van der Waals surface area contributed by atoms with E-state index < -0.39 is 0 Å². The van der Waals surface area contributed by atoms with Gasteiger partial charge < -0.3 is 4.74 Å². The van der Waals surface area contributed by atoms with E-state index in [0.717, 1.165) is 5.75 Å². The summed E-state index contributed by atoms with van der Waals surface area (Å²) in [5.74, 6) is 1.12. The predicted molar refractivity (Wildman–Crippen MR) is 63.6 cm³/mol. The van der Waals surface area contributed by atoms with Gasteiger partial charge in [0.2, 0.25) is 0 Å². The van der Waals surface area contributed by atoms with Crippen LogP contribution in [0.1, 0.15) is 31.7 Å². The molecule has 1 aromatic carbocycles. The van der Waals surface area contributed by atoms with Crippen molar-refractivity contribution in [3.05, 3.63) is 42.0 Å². The van der Waals surface area contributed by atoms with Crippen LogP contribution in [0.15, 0.2) is 36.4 Å². The molecular formula is C15H16O. The normalized spacial score (nSPS) is 42.7. The van der Waals surface area contributed by atoms with Gasteiger partial charge in [-0.2, -0.15) is 0 Å². The number of para-hydroxylation sites is 1. The van der Waals surface area contributed by atoms with Crippen molar-refractivity contribution in [3.63, 3.8) is 0 Å². The van der Waals surface area contributed by atoms with E-state index in [4.69, 9.17) is 4.74 Å². The van der Waals surface area contributed by atoms with E-state index in [1.807, 2.05) is 0 Å². The molecule has 0 unspecified atom stereocenters. The lowest BCUT2D eigenvalue weighted by Gasteiger charge is -2.38. The number of hydrogen-bond donors (Lipinski definition) is 0. The molecule has 2 aliphatic carbocycles. The lowest BCUT2D eigenvalue weighted by Crippen LogP contribution is -2.38. The van der Waals surface area contributed by atoms with Gasteiger partial charge in [0, 0.05) is 16.4 Å². The van der Waals surface area contributed by atoms with Crippen molar-refractivity contribution in [3.8, 4) is 5.75 Å². The summed E-state index contributed by atoms with van der Waals surface area (Å²) >= 11 is 0. The average Bonchev–Trinajstić information content (AvgIpc) is 2.92. The van der Waals surface area contributed by atoms with Gasteiger partial charge in [-0.3, -0.25) is 0 Å². The molecule has 0 saturated heterocycles. The Morgan fingerprint density at radius 2 is 2.19 bits per heavy atom. The standard InChI is InChI=1S/C15H16O/c1-14-10-15(14)9-5-4-8-13(15)16-12-7-3-2-6-11(12)14/h2-3,5-7,9,13H,4,8,10H2,1H3/t13-,14+,15-/m0/s1. The summed E-state index contributed by atoms with van der Waals surface area (Å²) in [6, 6.07) is 8.58. The molecule has 1 heterocycles. The second kappa shape index (κ2) is 2.53. The third-order valence-electron chi connectivity index (χ3n) is 4.88. The van der Waals surface area contributed by atoms with Crippen LogP contribution in [-0.2, 0) is 5.41 Å². The highest BCUT2D eigenvalue weighted by Crippen LogP contribution is 2.72. The van der Waals surface area contributed by atoms with Crippen molar-refractivity contribution >= 4 is 0 Å². The Bertz CT molecular complexity index is 490. The number of allylic oxidation sites excluding steroid dienone is 1. The van der Waals surface area contributed by atoms with E-state index in [9.17, 15) is 0 Å². The molecule has 1 fully saturated rings. The van der Waals surface area contributed by atoms with Crippen molar-refractivity contribution in [2.75, 3.05) is 0 Å². The summed E-state index contributed by atoms with van der Waals surface area (Å²) in [5, 5.41) is 0. The Kier molecular flexibility index (Phi) is 1.40. The van der Waals surface area contributed by atoms with Gasteiger partial charge in [0.1, 0.15) is 11.9 Å². The molecule has 82 valence electrons. The number of benzene rings is 1. The molecular weight excluding hydrogens is 196 g/mol. The van der Waals surface area contributed by atoms with Crippen LogP contribution in [0.5, 0.6) is 5.75 Å². The molecule has 1 aromatic rings. The summed E-state index contributed by atoms with van der Waals surface area (Å²) in [4.78, 5) is 0. The summed E-state index contributed by atoms with van der Waals surface area (Å²) in [6.45, 7) is 2.40. The smallest absolute Gasteiger partial charge is 0.123 e. The summed E-state index contributed by atoms with van der Waals surface area (Å²) in [7, 11) is 0. The van der Waals surface area contributed by atoms with Gasteiger partial charge in [0.25, 0.3) is 0 Å². The Hall–Kier alpha value is -1.24. The fraction of sp³-hybridized carbons (Fsp3) is 0.467. The fourth-order valence-corrected chi connectivity index (χ4v) is 3.85. The summed E-state index contributed by atoms with van der Waals surface area (Å²) < 4.78 is 6.19. The first-order chi connectivity index (χ1) is 7.76. The lowest BCUT2D eigenvalue weighted by atomic mass is 9.77. The molecule has 1 nitrogen and oxygen atoms in total. The highest BCUT2D eigenvalue weighted by molar-refractivity contribution is 5.53. The topological polar surface area (TPSA) is 9.23 Å². The predicted octanol–water partition coefficient (Wildman–Crippen LogP) is 3.45. The molecule has 3 aliphatic rings. The second-order valence-corrected chi connectivity index (χ2v) is 5.63. The number of hydrogen-bond acceptors (Lipinski definition) is 1. The van der Waals surface area contributed by atoms with Gasteiger partial charge in [-0.1, -0.05) is 37.3 Å². The van der Waals surface area contributed by atoms with Crippen LogP contribution in [0.25, 0.3) is 0 Å². The molecule has 4 rings (SSSR count). The minimum atomic E-state index is 0.319.